The van der Waals surface area contributed by atoms with Crippen molar-refractivity contribution in [2.75, 3.05) is 20.2 Å². The Kier molecular flexibility index (Phi) is 3.19. The highest BCUT2D eigenvalue weighted by Gasteiger charge is 2.22. The highest BCUT2D eigenvalue weighted by atomic mass is 16.5. The smallest absolute Gasteiger partial charge is 0.180 e. The number of methoxy groups -OCH3 is 1. The first-order valence-electron chi connectivity index (χ1n) is 6.94. The van der Waals surface area contributed by atoms with Crippen molar-refractivity contribution in [3.63, 3.8) is 0 Å². The molecule has 0 saturated heterocycles. The van der Waals surface area contributed by atoms with Crippen LogP contribution < -0.4 is 4.74 Å². The number of imidazole rings is 1. The summed E-state index contributed by atoms with van der Waals surface area (Å²) in [6.07, 6.45) is 3.12. The standard InChI is InChI=1S/C15H21N3O/c1-11(2)9-17-8-6-12-13(10-17)18-7-4-5-14(19-3)15(18)16-12/h4-5,7,11H,6,8-10H2,1-3H3. The van der Waals surface area contributed by atoms with Gasteiger partial charge in [0.05, 0.1) is 18.5 Å². The summed E-state index contributed by atoms with van der Waals surface area (Å²) in [5, 5.41) is 0. The number of hydrogen-bond donors (Lipinski definition) is 0. The van der Waals surface area contributed by atoms with E-state index in [-0.39, 0.29) is 0 Å². The van der Waals surface area contributed by atoms with Crippen molar-refractivity contribution in [2.45, 2.75) is 26.8 Å². The Hall–Kier alpha value is -1.55. The lowest BCUT2D eigenvalue weighted by Crippen LogP contribution is -2.33. The van der Waals surface area contributed by atoms with Crippen LogP contribution in [0, 0.1) is 5.92 Å². The highest BCUT2D eigenvalue weighted by molar-refractivity contribution is 5.56. The number of pyridine rings is 1. The predicted molar refractivity (Wildman–Crippen MR) is 75.6 cm³/mol. The SMILES string of the molecule is COc1cccn2c3c(nc12)CCN(CC(C)C)C3. The maximum Gasteiger partial charge on any atom is 0.180 e. The van der Waals surface area contributed by atoms with Gasteiger partial charge in [0.2, 0.25) is 0 Å². The number of nitrogens with zero attached hydrogens (tertiary/aromatic N) is 3. The second-order valence-electron chi connectivity index (χ2n) is 5.65. The Morgan fingerprint density at radius 1 is 1.42 bits per heavy atom. The Morgan fingerprint density at radius 3 is 3.00 bits per heavy atom. The minimum absolute atomic E-state index is 0.704. The summed E-state index contributed by atoms with van der Waals surface area (Å²) in [5.41, 5.74) is 3.49. The molecule has 19 heavy (non-hydrogen) atoms. The zero-order chi connectivity index (χ0) is 13.4. The van der Waals surface area contributed by atoms with E-state index in [1.807, 2.05) is 12.1 Å². The summed E-state index contributed by atoms with van der Waals surface area (Å²) in [7, 11) is 1.70. The Balaban J connectivity index is 1.99. The van der Waals surface area contributed by atoms with E-state index in [1.54, 1.807) is 7.11 Å². The Morgan fingerprint density at radius 2 is 2.26 bits per heavy atom. The molecule has 0 bridgehead atoms. The largest absolute Gasteiger partial charge is 0.493 e. The summed E-state index contributed by atoms with van der Waals surface area (Å²) < 4.78 is 7.58. The molecule has 0 radical (unpaired) electrons. The van der Waals surface area contributed by atoms with Crippen LogP contribution in [0.25, 0.3) is 5.65 Å². The second-order valence-corrected chi connectivity index (χ2v) is 5.65. The van der Waals surface area contributed by atoms with E-state index < -0.39 is 0 Å². The fourth-order valence-electron chi connectivity index (χ4n) is 2.89. The van der Waals surface area contributed by atoms with Crippen molar-refractivity contribution in [3.05, 3.63) is 29.7 Å². The van der Waals surface area contributed by atoms with Crippen LogP contribution in [0.15, 0.2) is 18.3 Å². The molecule has 4 nitrogen and oxygen atoms in total. The number of aromatic nitrogens is 2. The third-order valence-electron chi connectivity index (χ3n) is 3.68. The molecule has 0 aromatic carbocycles. The minimum Gasteiger partial charge on any atom is -0.493 e. The van der Waals surface area contributed by atoms with Gasteiger partial charge in [-0.3, -0.25) is 9.30 Å². The van der Waals surface area contributed by atoms with E-state index in [2.05, 4.69) is 29.3 Å². The summed E-state index contributed by atoms with van der Waals surface area (Å²) in [5.74, 6) is 1.56. The first kappa shape index (κ1) is 12.5. The van der Waals surface area contributed by atoms with Crippen molar-refractivity contribution in [1.82, 2.24) is 14.3 Å². The van der Waals surface area contributed by atoms with Crippen LogP contribution in [-0.2, 0) is 13.0 Å². The van der Waals surface area contributed by atoms with Crippen LogP contribution in [0.4, 0.5) is 0 Å². The van der Waals surface area contributed by atoms with Crippen molar-refractivity contribution in [3.8, 4) is 5.75 Å². The molecule has 0 amide bonds. The van der Waals surface area contributed by atoms with Gasteiger partial charge in [-0.2, -0.15) is 0 Å². The first-order chi connectivity index (χ1) is 9.19. The Labute approximate surface area is 114 Å². The third kappa shape index (κ3) is 2.21. The number of hydrogen-bond acceptors (Lipinski definition) is 3. The van der Waals surface area contributed by atoms with E-state index in [1.165, 1.54) is 11.4 Å². The molecule has 2 aromatic heterocycles. The van der Waals surface area contributed by atoms with Gasteiger partial charge in [-0.1, -0.05) is 13.8 Å². The van der Waals surface area contributed by atoms with Crippen LogP contribution in [0.1, 0.15) is 25.2 Å². The molecule has 0 unspecified atom stereocenters. The summed E-state index contributed by atoms with van der Waals surface area (Å²) in [6, 6.07) is 3.99. The maximum atomic E-state index is 5.40. The molecule has 1 aliphatic rings. The quantitative estimate of drug-likeness (QED) is 0.847. The van der Waals surface area contributed by atoms with Crippen molar-refractivity contribution in [1.29, 1.82) is 0 Å². The highest BCUT2D eigenvalue weighted by Crippen LogP contribution is 2.25. The summed E-state index contributed by atoms with van der Waals surface area (Å²) >= 11 is 0. The lowest BCUT2D eigenvalue weighted by atomic mass is 10.1. The first-order valence-corrected chi connectivity index (χ1v) is 6.94. The molecular formula is C15H21N3O. The lowest BCUT2D eigenvalue weighted by Gasteiger charge is -2.27. The van der Waals surface area contributed by atoms with Crippen LogP contribution in [0.5, 0.6) is 5.75 Å². The molecule has 0 saturated carbocycles. The third-order valence-corrected chi connectivity index (χ3v) is 3.68. The maximum absolute atomic E-state index is 5.40. The fraction of sp³-hybridized carbons (Fsp3) is 0.533. The van der Waals surface area contributed by atoms with Gasteiger partial charge in [0.1, 0.15) is 0 Å². The molecule has 102 valence electrons. The van der Waals surface area contributed by atoms with Gasteiger partial charge in [0, 0.05) is 32.3 Å². The molecule has 2 aromatic rings. The van der Waals surface area contributed by atoms with Gasteiger partial charge in [0.15, 0.2) is 11.4 Å². The van der Waals surface area contributed by atoms with E-state index in [0.717, 1.165) is 37.5 Å². The van der Waals surface area contributed by atoms with Crippen molar-refractivity contribution < 1.29 is 4.74 Å². The monoisotopic (exact) mass is 259 g/mol. The topological polar surface area (TPSA) is 29.8 Å². The fourth-order valence-corrected chi connectivity index (χ4v) is 2.89. The molecular weight excluding hydrogens is 238 g/mol. The normalized spacial score (nSPS) is 16.0. The van der Waals surface area contributed by atoms with E-state index in [9.17, 15) is 0 Å². The zero-order valence-electron chi connectivity index (χ0n) is 11.9. The summed E-state index contributed by atoms with van der Waals surface area (Å²) in [4.78, 5) is 7.26. The van der Waals surface area contributed by atoms with Crippen molar-refractivity contribution in [2.24, 2.45) is 5.92 Å². The molecule has 1 aliphatic heterocycles. The molecule has 3 heterocycles. The number of ether oxygens (including phenoxy) is 1. The molecule has 4 heteroatoms. The average Bonchev–Trinajstić information content (AvgIpc) is 2.76. The van der Waals surface area contributed by atoms with Crippen LogP contribution in [0.3, 0.4) is 0 Å². The second kappa shape index (κ2) is 4.85. The van der Waals surface area contributed by atoms with Crippen LogP contribution in [-0.4, -0.2) is 34.5 Å². The van der Waals surface area contributed by atoms with Crippen LogP contribution >= 0.6 is 0 Å². The van der Waals surface area contributed by atoms with Gasteiger partial charge in [-0.15, -0.1) is 0 Å². The van der Waals surface area contributed by atoms with E-state index >= 15 is 0 Å². The van der Waals surface area contributed by atoms with Gasteiger partial charge >= 0.3 is 0 Å². The van der Waals surface area contributed by atoms with Crippen molar-refractivity contribution >= 4 is 5.65 Å². The molecule has 0 aliphatic carbocycles. The molecule has 0 atom stereocenters. The lowest BCUT2D eigenvalue weighted by molar-refractivity contribution is 0.222. The van der Waals surface area contributed by atoms with Gasteiger partial charge in [-0.25, -0.2) is 4.98 Å². The number of fused-ring (bicyclic) bond motifs is 3. The molecule has 0 N–H and O–H groups in total. The van der Waals surface area contributed by atoms with Gasteiger partial charge in [0.25, 0.3) is 0 Å². The minimum atomic E-state index is 0.704. The van der Waals surface area contributed by atoms with E-state index in [4.69, 9.17) is 9.72 Å². The Bertz CT molecular complexity index is 588. The predicted octanol–water partition coefficient (Wildman–Crippen LogP) is 2.36. The van der Waals surface area contributed by atoms with Gasteiger partial charge in [-0.05, 0) is 18.1 Å². The van der Waals surface area contributed by atoms with E-state index in [0.29, 0.717) is 5.92 Å². The average molecular weight is 259 g/mol. The molecule has 0 spiro atoms. The number of rotatable bonds is 3. The summed E-state index contributed by atoms with van der Waals surface area (Å²) in [6.45, 7) is 7.79. The zero-order valence-corrected chi connectivity index (χ0v) is 11.9. The van der Waals surface area contributed by atoms with Gasteiger partial charge < -0.3 is 4.74 Å². The molecule has 3 rings (SSSR count). The van der Waals surface area contributed by atoms with Crippen LogP contribution in [0.2, 0.25) is 0 Å². The molecule has 0 fully saturated rings.